The minimum atomic E-state index is -0.0456. The summed E-state index contributed by atoms with van der Waals surface area (Å²) in [4.78, 5) is 0. The largest absolute Gasteiger partial charge is 0.493 e. The molecule has 1 N–H and O–H groups in total. The van der Waals surface area contributed by atoms with Gasteiger partial charge in [0, 0.05) is 18.1 Å². The van der Waals surface area contributed by atoms with Crippen LogP contribution >= 0.6 is 0 Å². The van der Waals surface area contributed by atoms with E-state index in [4.69, 9.17) is 4.74 Å². The monoisotopic (exact) mass is 233 g/mol. The molecule has 2 nitrogen and oxygen atoms in total. The Morgan fingerprint density at radius 2 is 2.24 bits per heavy atom. The second kappa shape index (κ2) is 5.54. The van der Waals surface area contributed by atoms with E-state index in [0.717, 1.165) is 24.3 Å². The normalized spacial score (nSPS) is 16.9. The first-order valence-corrected chi connectivity index (χ1v) is 6.47. The second-order valence-electron chi connectivity index (χ2n) is 4.76. The quantitative estimate of drug-likeness (QED) is 0.817. The molecule has 1 aromatic rings. The maximum atomic E-state index is 9.28. The van der Waals surface area contributed by atoms with Crippen LogP contribution in [0.3, 0.4) is 0 Å². The van der Waals surface area contributed by atoms with Gasteiger partial charge < -0.3 is 9.84 Å². The molecular formula is C15H21O2. The van der Waals surface area contributed by atoms with Gasteiger partial charge in [0.25, 0.3) is 0 Å². The lowest BCUT2D eigenvalue weighted by molar-refractivity contribution is 0.280. The standard InChI is InChI=1S/C15H21O2/c1-3-9-17-14-6-4-5-13(11(2)10-16)15(14)12-7-8-12/h4-6,11-12,16H,2-3,7-10H2,1H3. The van der Waals surface area contributed by atoms with E-state index in [1.54, 1.807) is 0 Å². The van der Waals surface area contributed by atoms with Crippen molar-refractivity contribution in [1.82, 2.24) is 0 Å². The Morgan fingerprint density at radius 1 is 1.47 bits per heavy atom. The highest BCUT2D eigenvalue weighted by molar-refractivity contribution is 5.47. The highest BCUT2D eigenvalue weighted by atomic mass is 16.5. The summed E-state index contributed by atoms with van der Waals surface area (Å²) in [6, 6.07) is 6.11. The van der Waals surface area contributed by atoms with Crippen LogP contribution in [-0.4, -0.2) is 18.3 Å². The number of ether oxygens (including phenoxy) is 1. The van der Waals surface area contributed by atoms with Crippen molar-refractivity contribution in [2.24, 2.45) is 0 Å². The van der Waals surface area contributed by atoms with Crippen LogP contribution in [-0.2, 0) is 0 Å². The van der Waals surface area contributed by atoms with Gasteiger partial charge in [-0.3, -0.25) is 0 Å². The minimum Gasteiger partial charge on any atom is -0.493 e. The van der Waals surface area contributed by atoms with Crippen LogP contribution in [0.1, 0.15) is 49.1 Å². The molecule has 0 saturated heterocycles. The van der Waals surface area contributed by atoms with E-state index in [2.05, 4.69) is 19.9 Å². The smallest absolute Gasteiger partial charge is 0.123 e. The number of aliphatic hydroxyl groups is 1. The second-order valence-corrected chi connectivity index (χ2v) is 4.76. The van der Waals surface area contributed by atoms with Crippen LogP contribution in [0.4, 0.5) is 0 Å². The van der Waals surface area contributed by atoms with Crippen LogP contribution in [0.25, 0.3) is 0 Å². The maximum absolute atomic E-state index is 9.28. The Hall–Kier alpha value is -1.02. The average molecular weight is 233 g/mol. The van der Waals surface area contributed by atoms with Gasteiger partial charge in [0.15, 0.2) is 0 Å². The van der Waals surface area contributed by atoms with Crippen molar-refractivity contribution in [2.45, 2.75) is 38.0 Å². The predicted octanol–water partition coefficient (Wildman–Crippen LogP) is 3.26. The molecule has 1 aromatic carbocycles. The zero-order valence-electron chi connectivity index (χ0n) is 10.5. The van der Waals surface area contributed by atoms with Gasteiger partial charge in [0.2, 0.25) is 0 Å². The fraction of sp³-hybridized carbons (Fsp3) is 0.533. The molecule has 2 heteroatoms. The summed E-state index contributed by atoms with van der Waals surface area (Å²) < 4.78 is 5.81. The summed E-state index contributed by atoms with van der Waals surface area (Å²) in [5.41, 5.74) is 2.44. The fourth-order valence-electron chi connectivity index (χ4n) is 2.16. The molecule has 1 atom stereocenters. The van der Waals surface area contributed by atoms with Crippen molar-refractivity contribution in [3.63, 3.8) is 0 Å². The van der Waals surface area contributed by atoms with E-state index in [-0.39, 0.29) is 12.5 Å². The molecule has 17 heavy (non-hydrogen) atoms. The lowest BCUT2D eigenvalue weighted by Gasteiger charge is -2.18. The van der Waals surface area contributed by atoms with Crippen molar-refractivity contribution >= 4 is 0 Å². The van der Waals surface area contributed by atoms with Gasteiger partial charge in [-0.15, -0.1) is 0 Å². The maximum Gasteiger partial charge on any atom is 0.123 e. The molecule has 1 saturated carbocycles. The summed E-state index contributed by atoms with van der Waals surface area (Å²) >= 11 is 0. The van der Waals surface area contributed by atoms with Gasteiger partial charge in [-0.25, -0.2) is 0 Å². The Morgan fingerprint density at radius 3 is 2.82 bits per heavy atom. The molecule has 0 bridgehead atoms. The number of rotatable bonds is 6. The number of aliphatic hydroxyl groups excluding tert-OH is 1. The number of hydrogen-bond donors (Lipinski definition) is 1. The zero-order valence-corrected chi connectivity index (χ0v) is 10.5. The first-order valence-electron chi connectivity index (χ1n) is 6.47. The Labute approximate surface area is 104 Å². The molecule has 93 valence electrons. The van der Waals surface area contributed by atoms with Crippen molar-refractivity contribution in [2.75, 3.05) is 13.2 Å². The first-order chi connectivity index (χ1) is 8.27. The van der Waals surface area contributed by atoms with Crippen molar-refractivity contribution in [1.29, 1.82) is 0 Å². The molecular weight excluding hydrogens is 212 g/mol. The number of benzene rings is 1. The molecule has 1 unspecified atom stereocenters. The van der Waals surface area contributed by atoms with Crippen LogP contribution in [0, 0.1) is 6.92 Å². The molecule has 0 aliphatic heterocycles. The van der Waals surface area contributed by atoms with Crippen molar-refractivity contribution < 1.29 is 9.84 Å². The molecule has 1 fully saturated rings. The lowest BCUT2D eigenvalue weighted by Crippen LogP contribution is -2.06. The summed E-state index contributed by atoms with van der Waals surface area (Å²) in [5, 5.41) is 9.28. The van der Waals surface area contributed by atoms with E-state index >= 15 is 0 Å². The topological polar surface area (TPSA) is 29.5 Å². The summed E-state index contributed by atoms with van der Waals surface area (Å²) in [7, 11) is 0. The van der Waals surface area contributed by atoms with E-state index in [0.29, 0.717) is 5.92 Å². The number of hydrogen-bond acceptors (Lipinski definition) is 2. The van der Waals surface area contributed by atoms with Gasteiger partial charge in [0.1, 0.15) is 5.75 Å². The van der Waals surface area contributed by atoms with Gasteiger partial charge in [0.05, 0.1) is 6.61 Å². The summed E-state index contributed by atoms with van der Waals surface area (Å²) in [6.45, 7) is 6.97. The van der Waals surface area contributed by atoms with Crippen LogP contribution in [0.5, 0.6) is 5.75 Å². The molecule has 1 radical (unpaired) electrons. The third-order valence-electron chi connectivity index (χ3n) is 3.21. The molecule has 0 heterocycles. The molecule has 0 amide bonds. The minimum absolute atomic E-state index is 0.0456. The Balaban J connectivity index is 2.31. The van der Waals surface area contributed by atoms with Crippen LogP contribution < -0.4 is 4.74 Å². The van der Waals surface area contributed by atoms with E-state index in [1.807, 2.05) is 12.1 Å². The molecule has 1 aliphatic carbocycles. The molecule has 0 aromatic heterocycles. The molecule has 2 rings (SSSR count). The average Bonchev–Trinajstić information content (AvgIpc) is 3.19. The van der Waals surface area contributed by atoms with Crippen molar-refractivity contribution in [3.05, 3.63) is 36.2 Å². The Bertz CT molecular complexity index is 369. The fourth-order valence-corrected chi connectivity index (χ4v) is 2.16. The highest BCUT2D eigenvalue weighted by Gasteiger charge is 2.30. The highest BCUT2D eigenvalue weighted by Crippen LogP contribution is 2.47. The third kappa shape index (κ3) is 2.81. The molecule has 0 spiro atoms. The Kier molecular flexibility index (Phi) is 4.06. The first kappa shape index (κ1) is 12.4. The van der Waals surface area contributed by atoms with E-state index < -0.39 is 0 Å². The SMILES string of the molecule is [CH2]C(CO)c1cccc(OCCC)c1C1CC1. The van der Waals surface area contributed by atoms with Gasteiger partial charge >= 0.3 is 0 Å². The van der Waals surface area contributed by atoms with Crippen LogP contribution in [0.15, 0.2) is 18.2 Å². The van der Waals surface area contributed by atoms with Crippen LogP contribution in [0.2, 0.25) is 0 Å². The van der Waals surface area contributed by atoms with E-state index in [1.165, 1.54) is 18.4 Å². The van der Waals surface area contributed by atoms with Gasteiger partial charge in [-0.05, 0) is 43.7 Å². The summed E-state index contributed by atoms with van der Waals surface area (Å²) in [6.07, 6.45) is 3.48. The van der Waals surface area contributed by atoms with E-state index in [9.17, 15) is 5.11 Å². The molecule has 1 aliphatic rings. The lowest BCUT2D eigenvalue weighted by atomic mass is 9.93. The zero-order chi connectivity index (χ0) is 12.3. The predicted molar refractivity (Wildman–Crippen MR) is 69.4 cm³/mol. The summed E-state index contributed by atoms with van der Waals surface area (Å²) in [5.74, 6) is 1.57. The van der Waals surface area contributed by atoms with Gasteiger partial charge in [-0.2, -0.15) is 0 Å². The van der Waals surface area contributed by atoms with Crippen molar-refractivity contribution in [3.8, 4) is 5.75 Å². The van der Waals surface area contributed by atoms with Gasteiger partial charge in [-0.1, -0.05) is 19.1 Å². The third-order valence-corrected chi connectivity index (χ3v) is 3.21.